The lowest BCUT2D eigenvalue weighted by molar-refractivity contribution is 0.0898. The van der Waals surface area contributed by atoms with Gasteiger partial charge in [-0.05, 0) is 56.4 Å². The molecule has 0 radical (unpaired) electrons. The number of carbonyl (C=O) groups is 1. The van der Waals surface area contributed by atoms with Crippen LogP contribution in [0, 0.1) is 0 Å². The lowest BCUT2D eigenvalue weighted by Crippen LogP contribution is -2.40. The smallest absolute Gasteiger partial charge is 0.287 e. The number of halogens is 1. The Balaban J connectivity index is 1.36. The number of nitrogens with zero attached hydrogens (tertiary/aromatic N) is 4. The van der Waals surface area contributed by atoms with E-state index in [0.717, 1.165) is 60.5 Å². The molecule has 182 valence electrons. The van der Waals surface area contributed by atoms with Crippen LogP contribution in [-0.2, 0) is 0 Å². The fourth-order valence-corrected chi connectivity index (χ4v) is 4.69. The SMILES string of the molecule is CC[C@@H](C)c1nc(NC2CCC(NC(=O)c3ccco3)CC2)c2cnn(-c3ccccc3Cl)c2n1. The van der Waals surface area contributed by atoms with Crippen molar-refractivity contribution >= 4 is 34.4 Å². The Hall–Kier alpha value is -3.39. The van der Waals surface area contributed by atoms with E-state index in [1.165, 1.54) is 6.26 Å². The third-order valence-electron chi connectivity index (χ3n) is 6.73. The number of furan rings is 1. The molecule has 0 spiro atoms. The molecule has 9 heteroatoms. The molecule has 3 heterocycles. The summed E-state index contributed by atoms with van der Waals surface area (Å²) in [6.45, 7) is 4.27. The van der Waals surface area contributed by atoms with Crippen molar-refractivity contribution in [3.63, 3.8) is 0 Å². The zero-order valence-corrected chi connectivity index (χ0v) is 20.6. The molecule has 0 aliphatic heterocycles. The first-order valence-electron chi connectivity index (χ1n) is 12.1. The number of carbonyl (C=O) groups excluding carboxylic acids is 1. The van der Waals surface area contributed by atoms with Crippen LogP contribution in [0.3, 0.4) is 0 Å². The fourth-order valence-electron chi connectivity index (χ4n) is 4.48. The third kappa shape index (κ3) is 4.89. The second-order valence-corrected chi connectivity index (χ2v) is 9.54. The van der Waals surface area contributed by atoms with Crippen LogP contribution in [0.15, 0.2) is 53.3 Å². The highest BCUT2D eigenvalue weighted by Crippen LogP contribution is 2.30. The van der Waals surface area contributed by atoms with E-state index in [-0.39, 0.29) is 23.9 Å². The number of para-hydroxylation sites is 1. The lowest BCUT2D eigenvalue weighted by atomic mass is 9.91. The van der Waals surface area contributed by atoms with Crippen LogP contribution in [0.4, 0.5) is 5.82 Å². The minimum atomic E-state index is -0.158. The molecule has 1 aliphatic rings. The van der Waals surface area contributed by atoms with Crippen LogP contribution in [0.25, 0.3) is 16.7 Å². The normalized spacial score (nSPS) is 18.9. The Morgan fingerprint density at radius 3 is 2.63 bits per heavy atom. The van der Waals surface area contributed by atoms with Crippen LogP contribution in [-0.4, -0.2) is 37.7 Å². The zero-order valence-electron chi connectivity index (χ0n) is 19.9. The van der Waals surface area contributed by atoms with E-state index in [0.29, 0.717) is 10.8 Å². The van der Waals surface area contributed by atoms with E-state index in [4.69, 9.17) is 26.0 Å². The number of benzene rings is 1. The summed E-state index contributed by atoms with van der Waals surface area (Å²) < 4.78 is 6.99. The lowest BCUT2D eigenvalue weighted by Gasteiger charge is -2.30. The molecule has 1 saturated carbocycles. The Morgan fingerprint density at radius 1 is 1.14 bits per heavy atom. The van der Waals surface area contributed by atoms with Crippen LogP contribution < -0.4 is 10.6 Å². The Morgan fingerprint density at radius 2 is 1.91 bits per heavy atom. The molecule has 1 amide bonds. The first-order chi connectivity index (χ1) is 17.0. The molecule has 8 nitrogen and oxygen atoms in total. The van der Waals surface area contributed by atoms with E-state index in [2.05, 4.69) is 29.6 Å². The summed E-state index contributed by atoms with van der Waals surface area (Å²) in [4.78, 5) is 22.1. The van der Waals surface area contributed by atoms with E-state index in [9.17, 15) is 4.79 Å². The maximum absolute atomic E-state index is 12.3. The van der Waals surface area contributed by atoms with Crippen LogP contribution in [0.5, 0.6) is 0 Å². The largest absolute Gasteiger partial charge is 0.459 e. The average molecular weight is 493 g/mol. The van der Waals surface area contributed by atoms with Crippen molar-refractivity contribution in [2.24, 2.45) is 0 Å². The standard InChI is InChI=1S/C26H29ClN6O2/c1-3-16(2)23-31-24(19-15-28-33(25(19)32-23)21-8-5-4-7-20(21)27)29-17-10-12-18(13-11-17)30-26(34)22-9-6-14-35-22/h4-9,14-18H,3,10-13H2,1-2H3,(H,30,34)(H,29,31,32)/t16-,17?,18?/m1/s1. The summed E-state index contributed by atoms with van der Waals surface area (Å²) in [5, 5.41) is 12.8. The minimum Gasteiger partial charge on any atom is -0.459 e. The summed E-state index contributed by atoms with van der Waals surface area (Å²) in [5.74, 6) is 1.99. The Labute approximate surface area is 209 Å². The predicted molar refractivity (Wildman–Crippen MR) is 136 cm³/mol. The van der Waals surface area contributed by atoms with Gasteiger partial charge >= 0.3 is 0 Å². The number of fused-ring (bicyclic) bond motifs is 1. The first-order valence-corrected chi connectivity index (χ1v) is 12.5. The van der Waals surface area contributed by atoms with Crippen molar-refractivity contribution in [2.75, 3.05) is 5.32 Å². The molecule has 2 N–H and O–H groups in total. The number of rotatable bonds is 7. The molecule has 0 unspecified atom stereocenters. The predicted octanol–water partition coefficient (Wildman–Crippen LogP) is 5.73. The monoisotopic (exact) mass is 492 g/mol. The van der Waals surface area contributed by atoms with Gasteiger partial charge in [0.05, 0.1) is 28.6 Å². The van der Waals surface area contributed by atoms with Crippen molar-refractivity contribution in [3.8, 4) is 5.69 Å². The number of aromatic nitrogens is 4. The highest BCUT2D eigenvalue weighted by atomic mass is 35.5. The molecule has 35 heavy (non-hydrogen) atoms. The zero-order chi connectivity index (χ0) is 24.4. The van der Waals surface area contributed by atoms with Gasteiger partial charge in [0.1, 0.15) is 11.6 Å². The summed E-state index contributed by atoms with van der Waals surface area (Å²) >= 11 is 6.47. The van der Waals surface area contributed by atoms with E-state index in [1.54, 1.807) is 23.0 Å². The van der Waals surface area contributed by atoms with Gasteiger partial charge in [0.2, 0.25) is 0 Å². The van der Waals surface area contributed by atoms with Crippen LogP contribution in [0.2, 0.25) is 5.02 Å². The molecule has 0 bridgehead atoms. The summed E-state index contributed by atoms with van der Waals surface area (Å²) in [7, 11) is 0. The average Bonchev–Trinajstić information content (AvgIpc) is 3.56. The number of nitrogens with one attached hydrogen (secondary N) is 2. The highest BCUT2D eigenvalue weighted by Gasteiger charge is 2.25. The van der Waals surface area contributed by atoms with Crippen molar-refractivity contribution < 1.29 is 9.21 Å². The molecule has 3 aromatic heterocycles. The molecule has 4 aromatic rings. The third-order valence-corrected chi connectivity index (χ3v) is 7.05. The van der Waals surface area contributed by atoms with E-state index in [1.807, 2.05) is 24.3 Å². The van der Waals surface area contributed by atoms with Gasteiger partial charge in [-0.1, -0.05) is 37.6 Å². The fraction of sp³-hybridized carbons (Fsp3) is 0.385. The summed E-state index contributed by atoms with van der Waals surface area (Å²) in [6, 6.07) is 11.4. The minimum absolute atomic E-state index is 0.134. The molecular weight excluding hydrogens is 464 g/mol. The van der Waals surface area contributed by atoms with Gasteiger partial charge in [-0.2, -0.15) is 5.10 Å². The number of anilines is 1. The van der Waals surface area contributed by atoms with Crippen LogP contribution >= 0.6 is 11.6 Å². The number of hydrogen-bond acceptors (Lipinski definition) is 6. The van der Waals surface area contributed by atoms with Crippen molar-refractivity contribution in [3.05, 3.63) is 65.5 Å². The van der Waals surface area contributed by atoms with Gasteiger partial charge in [0.15, 0.2) is 11.4 Å². The highest BCUT2D eigenvalue weighted by molar-refractivity contribution is 6.32. The number of amides is 1. The molecular formula is C26H29ClN6O2. The second kappa shape index (κ2) is 10.1. The first kappa shape index (κ1) is 23.4. The van der Waals surface area contributed by atoms with Crippen LogP contribution in [0.1, 0.15) is 68.2 Å². The molecule has 0 saturated heterocycles. The maximum Gasteiger partial charge on any atom is 0.287 e. The van der Waals surface area contributed by atoms with E-state index >= 15 is 0 Å². The van der Waals surface area contributed by atoms with Crippen molar-refractivity contribution in [1.29, 1.82) is 0 Å². The Kier molecular flexibility index (Phi) is 6.72. The summed E-state index contributed by atoms with van der Waals surface area (Å²) in [6.07, 6.45) is 7.87. The van der Waals surface area contributed by atoms with Gasteiger partial charge in [0.25, 0.3) is 5.91 Å². The van der Waals surface area contributed by atoms with Gasteiger partial charge in [0, 0.05) is 18.0 Å². The van der Waals surface area contributed by atoms with Crippen molar-refractivity contribution in [2.45, 2.75) is 64.0 Å². The topological polar surface area (TPSA) is 97.9 Å². The quantitative estimate of drug-likeness (QED) is 0.342. The van der Waals surface area contributed by atoms with E-state index < -0.39 is 0 Å². The molecule has 1 atom stereocenters. The van der Waals surface area contributed by atoms with Gasteiger partial charge < -0.3 is 15.1 Å². The molecule has 1 fully saturated rings. The molecule has 5 rings (SSSR count). The van der Waals surface area contributed by atoms with Gasteiger partial charge in [-0.15, -0.1) is 0 Å². The Bertz CT molecular complexity index is 1310. The number of hydrogen-bond donors (Lipinski definition) is 2. The van der Waals surface area contributed by atoms with Gasteiger partial charge in [-0.3, -0.25) is 4.79 Å². The maximum atomic E-state index is 12.3. The second-order valence-electron chi connectivity index (χ2n) is 9.13. The van der Waals surface area contributed by atoms with Gasteiger partial charge in [-0.25, -0.2) is 14.6 Å². The molecule has 1 aliphatic carbocycles. The molecule has 1 aromatic carbocycles. The summed E-state index contributed by atoms with van der Waals surface area (Å²) in [5.41, 5.74) is 1.53. The van der Waals surface area contributed by atoms with Crippen molar-refractivity contribution in [1.82, 2.24) is 25.1 Å².